The van der Waals surface area contributed by atoms with Crippen LogP contribution < -0.4 is 10.2 Å². The van der Waals surface area contributed by atoms with Gasteiger partial charge in [-0.1, -0.05) is 0 Å². The number of carboxylic acid groups (broad SMARTS) is 2. The molecule has 0 bridgehead atoms. The first-order chi connectivity index (χ1) is 4.52. The number of rotatable bonds is 0. The maximum atomic E-state index is 9.78. The summed E-state index contributed by atoms with van der Waals surface area (Å²) in [7, 11) is 0. The van der Waals surface area contributed by atoms with Gasteiger partial charge in [0.15, 0.2) is 0 Å². The Labute approximate surface area is 89.9 Å². The van der Waals surface area contributed by atoms with Gasteiger partial charge in [-0.3, -0.25) is 0 Å². The van der Waals surface area contributed by atoms with Crippen molar-refractivity contribution in [1.82, 2.24) is 0 Å². The first-order valence-corrected chi connectivity index (χ1v) is 1.84. The number of hydrogen-bond donors (Lipinski definition) is 0. The predicted molar refractivity (Wildman–Crippen MR) is 24.1 cm³/mol. The van der Waals surface area contributed by atoms with Crippen LogP contribution in [-0.2, 0) is 9.47 Å². The number of ether oxygens (including phenoxy) is 2. The molecule has 11 heavy (non-hydrogen) atoms. The van der Waals surface area contributed by atoms with Crippen LogP contribution in [0.3, 0.4) is 0 Å². The van der Waals surface area contributed by atoms with Crippen LogP contribution in [-0.4, -0.2) is 56.2 Å². The molecule has 0 saturated carbocycles. The van der Waals surface area contributed by atoms with Gasteiger partial charge in [-0.15, -0.1) is 0 Å². The molecular weight excluding hydrogens is 188 g/mol. The van der Waals surface area contributed by atoms with Gasteiger partial charge in [0.25, 0.3) is 12.3 Å². The largest absolute Gasteiger partial charge is 2.00 e. The van der Waals surface area contributed by atoms with E-state index in [1.165, 1.54) is 0 Å². The minimum absolute atomic E-state index is 0. The minimum atomic E-state index is -2.20. The summed E-state index contributed by atoms with van der Waals surface area (Å²) < 4.78 is 6.17. The molecule has 0 aliphatic carbocycles. The Hall–Kier alpha value is -0.530. The monoisotopic (exact) mass is 188 g/mol. The van der Waals surface area contributed by atoms with Crippen LogP contribution in [0.2, 0.25) is 0 Å². The van der Waals surface area contributed by atoms with Gasteiger partial charge in [-0.05, 0) is 0 Å². The molecule has 0 unspecified atom stereocenters. The summed E-state index contributed by atoms with van der Waals surface area (Å²) in [6.07, 6.45) is -6.32. The normalized spacial score (nSPS) is 7.27. The van der Waals surface area contributed by atoms with Gasteiger partial charge in [0.1, 0.15) is 0 Å². The molecule has 8 heteroatoms. The van der Waals surface area contributed by atoms with Gasteiger partial charge < -0.3 is 29.3 Å². The van der Waals surface area contributed by atoms with Crippen LogP contribution in [0.1, 0.15) is 0 Å². The van der Waals surface area contributed by atoms with Crippen LogP contribution in [0.5, 0.6) is 0 Å². The summed E-state index contributed by atoms with van der Waals surface area (Å²) in [5.74, 6) is 0. The van der Waals surface area contributed by atoms with Crippen LogP contribution in [0.4, 0.5) is 14.4 Å². The van der Waals surface area contributed by atoms with Crippen molar-refractivity contribution >= 4 is 56.2 Å². The summed E-state index contributed by atoms with van der Waals surface area (Å²) in [6, 6.07) is 0. The van der Waals surface area contributed by atoms with E-state index in [4.69, 9.17) is 0 Å². The van der Waals surface area contributed by atoms with Gasteiger partial charge in [0, 0.05) is 0 Å². The molecule has 0 rings (SSSR count). The van der Waals surface area contributed by atoms with Gasteiger partial charge in [0.2, 0.25) is 0 Å². The molecule has 0 atom stereocenters. The van der Waals surface area contributed by atoms with Gasteiger partial charge >= 0.3 is 43.9 Å². The minimum Gasteiger partial charge on any atom is -0.467 e. The van der Waals surface area contributed by atoms with Crippen molar-refractivity contribution in [2.75, 3.05) is 0 Å². The fourth-order valence-electron chi connectivity index (χ4n) is 0.157. The molecule has 0 saturated heterocycles. The SMILES string of the molecule is O=C([O-])OC(=O)OC(=O)[O-].[Ca+2]. The third-order valence-corrected chi connectivity index (χ3v) is 0.333. The van der Waals surface area contributed by atoms with E-state index in [0.29, 0.717) is 0 Å². The van der Waals surface area contributed by atoms with Crippen molar-refractivity contribution in [3.05, 3.63) is 0 Å². The molecule has 0 N–H and O–H groups in total. The predicted octanol–water partition coefficient (Wildman–Crippen LogP) is -2.55. The van der Waals surface area contributed by atoms with E-state index in [9.17, 15) is 24.6 Å². The summed E-state index contributed by atoms with van der Waals surface area (Å²) in [5.41, 5.74) is 0. The molecule has 0 aliphatic heterocycles. The average molecular weight is 188 g/mol. The van der Waals surface area contributed by atoms with E-state index < -0.39 is 18.5 Å². The van der Waals surface area contributed by atoms with E-state index in [-0.39, 0.29) is 37.7 Å². The molecule has 0 aromatic carbocycles. The zero-order valence-electron chi connectivity index (χ0n) is 5.06. The zero-order chi connectivity index (χ0) is 8.15. The van der Waals surface area contributed by atoms with E-state index in [1.54, 1.807) is 0 Å². The molecule has 0 aliphatic rings. The smallest absolute Gasteiger partial charge is 0.467 e. The first kappa shape index (κ1) is 13.1. The molecule has 56 valence electrons. The Bertz CT molecular complexity index is 157. The number of carbonyl (C=O) groups excluding carboxylic acids is 3. The molecule has 0 aromatic rings. The molecule has 0 amide bonds. The van der Waals surface area contributed by atoms with E-state index >= 15 is 0 Å². The second-order valence-electron chi connectivity index (χ2n) is 0.954. The van der Waals surface area contributed by atoms with E-state index in [0.717, 1.165) is 0 Å². The maximum absolute atomic E-state index is 9.78. The van der Waals surface area contributed by atoms with Gasteiger partial charge in [-0.2, -0.15) is 0 Å². The van der Waals surface area contributed by atoms with E-state index in [2.05, 4.69) is 9.47 Å². The molecule has 0 fully saturated rings. The molecule has 7 nitrogen and oxygen atoms in total. The second-order valence-corrected chi connectivity index (χ2v) is 0.954. The third-order valence-electron chi connectivity index (χ3n) is 0.333. The van der Waals surface area contributed by atoms with E-state index in [1.807, 2.05) is 0 Å². The summed E-state index contributed by atoms with van der Waals surface area (Å²) in [4.78, 5) is 28.5. The molecule has 0 heterocycles. The summed E-state index contributed by atoms with van der Waals surface area (Å²) >= 11 is 0. The van der Waals surface area contributed by atoms with Gasteiger partial charge in [-0.25, -0.2) is 4.79 Å². The molecular formula is C3CaO7. The van der Waals surface area contributed by atoms with Crippen molar-refractivity contribution in [2.24, 2.45) is 0 Å². The van der Waals surface area contributed by atoms with Crippen molar-refractivity contribution in [3.63, 3.8) is 0 Å². The molecule has 0 spiro atoms. The fourth-order valence-corrected chi connectivity index (χ4v) is 0.157. The topological polar surface area (TPSA) is 116 Å². The van der Waals surface area contributed by atoms with Crippen LogP contribution >= 0.6 is 0 Å². The third kappa shape index (κ3) is 9.47. The Morgan fingerprint density at radius 3 is 1.36 bits per heavy atom. The second kappa shape index (κ2) is 6.20. The Morgan fingerprint density at radius 2 is 1.18 bits per heavy atom. The summed E-state index contributed by atoms with van der Waals surface area (Å²) in [6.45, 7) is 0. The number of carbonyl (C=O) groups is 3. The Morgan fingerprint density at radius 1 is 0.909 bits per heavy atom. The van der Waals surface area contributed by atoms with Crippen LogP contribution in [0.25, 0.3) is 0 Å². The Kier molecular flexibility index (Phi) is 7.37. The zero-order valence-corrected chi connectivity index (χ0v) is 7.27. The van der Waals surface area contributed by atoms with Crippen molar-refractivity contribution in [3.8, 4) is 0 Å². The fraction of sp³-hybridized carbons (Fsp3) is 0. The summed E-state index contributed by atoms with van der Waals surface area (Å²) in [5, 5.41) is 18.7. The maximum Gasteiger partial charge on any atom is 2.00 e. The van der Waals surface area contributed by atoms with Crippen molar-refractivity contribution in [1.29, 1.82) is 0 Å². The number of hydrogen-bond acceptors (Lipinski definition) is 7. The Balaban J connectivity index is 0. The van der Waals surface area contributed by atoms with Crippen LogP contribution in [0, 0.1) is 0 Å². The van der Waals surface area contributed by atoms with Crippen LogP contribution in [0.15, 0.2) is 0 Å². The van der Waals surface area contributed by atoms with Crippen molar-refractivity contribution in [2.45, 2.75) is 0 Å². The average Bonchev–Trinajstić information content (AvgIpc) is 1.58. The van der Waals surface area contributed by atoms with Crippen molar-refractivity contribution < 1.29 is 34.1 Å². The standard InChI is InChI=1S/C3H2O7.Ca/c4-1(5)9-3(8)10-2(6)7;/h(H,4,5)(H,6,7);/q;+2/p-2. The molecule has 0 radical (unpaired) electrons. The van der Waals surface area contributed by atoms with Gasteiger partial charge in [0.05, 0.1) is 0 Å². The molecule has 0 aromatic heterocycles. The first-order valence-electron chi connectivity index (χ1n) is 1.84. The quantitative estimate of drug-likeness (QED) is 0.233.